The summed E-state index contributed by atoms with van der Waals surface area (Å²) < 4.78 is 17.4. The maximum Gasteiger partial charge on any atom is 0.413 e. The van der Waals surface area contributed by atoms with E-state index in [-0.39, 0.29) is 5.95 Å². The van der Waals surface area contributed by atoms with Crippen LogP contribution in [0.1, 0.15) is 13.3 Å². The third-order valence-corrected chi connectivity index (χ3v) is 4.29. The number of ether oxygens (including phenoxy) is 1. The first-order valence-electron chi connectivity index (χ1n) is 6.20. The molecule has 1 N–H and O–H groups in total. The minimum Gasteiger partial charge on any atom is -0.453 e. The lowest BCUT2D eigenvalue weighted by atomic mass is 10.3. The molecule has 2 rings (SSSR count). The third-order valence-electron chi connectivity index (χ3n) is 2.74. The molecule has 1 atom stereocenters. The molecule has 2 aromatic rings. The van der Waals surface area contributed by atoms with E-state index in [4.69, 9.17) is 0 Å². The number of methoxy groups -OCH3 is 1. The van der Waals surface area contributed by atoms with Crippen LogP contribution >= 0.6 is 0 Å². The van der Waals surface area contributed by atoms with Crippen LogP contribution in [0, 0.1) is 4.91 Å². The van der Waals surface area contributed by atoms with Crippen molar-refractivity contribution in [2.45, 2.75) is 18.2 Å². The molecule has 9 heteroatoms. The number of carbonyl (C=O) groups is 1. The number of hydrogen-bond donors (Lipinski definition) is 1. The van der Waals surface area contributed by atoms with E-state index in [0.717, 1.165) is 11.1 Å². The molecular formula is C12H14N4O4S. The highest BCUT2D eigenvalue weighted by Crippen LogP contribution is 2.23. The number of nitrogens with zero attached hydrogens (tertiary/aromatic N) is 3. The van der Waals surface area contributed by atoms with Gasteiger partial charge in [-0.1, -0.05) is 6.92 Å². The summed E-state index contributed by atoms with van der Waals surface area (Å²) in [6, 6.07) is 4.89. The van der Waals surface area contributed by atoms with E-state index >= 15 is 0 Å². The highest BCUT2D eigenvalue weighted by atomic mass is 32.2. The molecule has 0 aliphatic carbocycles. The number of nitrogens with one attached hydrogen (secondary N) is 1. The minimum absolute atomic E-state index is 0.0507. The Bertz CT molecular complexity index is 713. The Kier molecular flexibility index (Phi) is 4.63. The summed E-state index contributed by atoms with van der Waals surface area (Å²) >= 11 is 0. The van der Waals surface area contributed by atoms with Crippen LogP contribution in [0.15, 0.2) is 28.4 Å². The van der Waals surface area contributed by atoms with Gasteiger partial charge < -0.3 is 4.74 Å². The molecule has 0 bridgehead atoms. The zero-order chi connectivity index (χ0) is 15.4. The Labute approximate surface area is 122 Å². The number of fused-ring (bicyclic) bond motifs is 1. The predicted octanol–water partition coefficient (Wildman–Crippen LogP) is 2.26. The molecule has 1 heterocycles. The summed E-state index contributed by atoms with van der Waals surface area (Å²) in [6.07, 6.45) is 0.0235. The molecule has 8 nitrogen and oxygen atoms in total. The Morgan fingerprint density at radius 1 is 1.52 bits per heavy atom. The van der Waals surface area contributed by atoms with Crippen molar-refractivity contribution in [3.05, 3.63) is 23.1 Å². The van der Waals surface area contributed by atoms with E-state index in [2.05, 4.69) is 20.3 Å². The molecule has 0 saturated carbocycles. The molecule has 1 aromatic heterocycles. The average Bonchev–Trinajstić information content (AvgIpc) is 2.83. The summed E-state index contributed by atoms with van der Waals surface area (Å²) in [6.45, 7) is 1.94. The number of hydrogen-bond acceptors (Lipinski definition) is 6. The topological polar surface area (TPSA) is 103 Å². The van der Waals surface area contributed by atoms with Gasteiger partial charge in [0.05, 0.1) is 34.2 Å². The summed E-state index contributed by atoms with van der Waals surface area (Å²) in [4.78, 5) is 26.8. The van der Waals surface area contributed by atoms with Crippen molar-refractivity contribution in [3.8, 4) is 0 Å². The van der Waals surface area contributed by atoms with Crippen molar-refractivity contribution < 1.29 is 13.7 Å². The quantitative estimate of drug-likeness (QED) is 0.853. The fourth-order valence-corrected chi connectivity index (χ4v) is 2.86. The molecule has 1 aromatic carbocycles. The number of benzene rings is 1. The first-order valence-corrected chi connectivity index (χ1v) is 7.52. The lowest BCUT2D eigenvalue weighted by Crippen LogP contribution is -2.14. The standard InChI is InChI=1S/C12H14N4O4S/c1-3-6-21(19)8-4-5-9-10(7-8)16(15-18)11(13-9)14-12(17)20-2/h4-5,7H,3,6H2,1-2H3,(H,13,14,17). The number of nitroso groups, excluding NO2 is 1. The number of rotatable bonds is 5. The van der Waals surface area contributed by atoms with Crippen molar-refractivity contribution in [2.24, 2.45) is 5.29 Å². The van der Waals surface area contributed by atoms with Crippen LogP contribution < -0.4 is 5.32 Å². The smallest absolute Gasteiger partial charge is 0.413 e. The fourth-order valence-electron chi connectivity index (χ4n) is 1.79. The first kappa shape index (κ1) is 15.1. The molecule has 21 heavy (non-hydrogen) atoms. The van der Waals surface area contributed by atoms with Crippen LogP contribution in [0.3, 0.4) is 0 Å². The van der Waals surface area contributed by atoms with Crippen molar-refractivity contribution in [2.75, 3.05) is 18.2 Å². The third kappa shape index (κ3) is 3.07. The monoisotopic (exact) mass is 310 g/mol. The van der Waals surface area contributed by atoms with Crippen LogP contribution in [-0.4, -0.2) is 32.8 Å². The number of aromatic nitrogens is 2. The molecule has 0 radical (unpaired) electrons. The summed E-state index contributed by atoms with van der Waals surface area (Å²) in [5, 5.41) is 5.12. The van der Waals surface area contributed by atoms with Crippen LogP contribution in [0.5, 0.6) is 0 Å². The van der Waals surface area contributed by atoms with Gasteiger partial charge in [0.2, 0.25) is 5.95 Å². The second-order valence-corrected chi connectivity index (χ2v) is 5.72. The lowest BCUT2D eigenvalue weighted by Gasteiger charge is -2.02. The van der Waals surface area contributed by atoms with Crippen LogP contribution in [0.25, 0.3) is 11.0 Å². The maximum absolute atomic E-state index is 12.0. The Morgan fingerprint density at radius 3 is 2.90 bits per heavy atom. The molecule has 0 aliphatic heterocycles. The van der Waals surface area contributed by atoms with Crippen molar-refractivity contribution in [3.63, 3.8) is 0 Å². The highest BCUT2D eigenvalue weighted by Gasteiger charge is 2.15. The van der Waals surface area contributed by atoms with Crippen LogP contribution in [0.4, 0.5) is 10.7 Å². The zero-order valence-corrected chi connectivity index (χ0v) is 12.3. The van der Waals surface area contributed by atoms with Gasteiger partial charge in [0.1, 0.15) is 0 Å². The second kappa shape index (κ2) is 6.44. The van der Waals surface area contributed by atoms with E-state index in [0.29, 0.717) is 21.7 Å². The molecule has 0 aliphatic rings. The van der Waals surface area contributed by atoms with E-state index in [1.54, 1.807) is 18.2 Å². The van der Waals surface area contributed by atoms with Crippen molar-refractivity contribution in [1.29, 1.82) is 0 Å². The average molecular weight is 310 g/mol. The van der Waals surface area contributed by atoms with Gasteiger partial charge in [-0.15, -0.1) is 4.91 Å². The molecule has 0 fully saturated rings. The van der Waals surface area contributed by atoms with Gasteiger partial charge in [-0.25, -0.2) is 9.78 Å². The molecule has 1 unspecified atom stereocenters. The summed E-state index contributed by atoms with van der Waals surface area (Å²) in [5.41, 5.74) is 0.830. The summed E-state index contributed by atoms with van der Waals surface area (Å²) in [5.74, 6) is 0.479. The largest absolute Gasteiger partial charge is 0.453 e. The van der Waals surface area contributed by atoms with Gasteiger partial charge >= 0.3 is 6.09 Å². The molecule has 0 saturated heterocycles. The molecule has 0 spiro atoms. The fraction of sp³-hybridized carbons (Fsp3) is 0.333. The SMILES string of the molecule is CCCS(=O)c1ccc2nc(NC(=O)OC)n(N=O)c2c1. The van der Waals surface area contributed by atoms with Gasteiger partial charge in [-0.3, -0.25) is 9.53 Å². The molecule has 1 amide bonds. The Morgan fingerprint density at radius 2 is 2.29 bits per heavy atom. The number of imidazole rings is 1. The van der Waals surface area contributed by atoms with Gasteiger partial charge in [0.15, 0.2) is 0 Å². The first-order chi connectivity index (χ1) is 10.1. The minimum atomic E-state index is -1.15. The van der Waals surface area contributed by atoms with Gasteiger partial charge in [0.25, 0.3) is 0 Å². The van der Waals surface area contributed by atoms with E-state index in [9.17, 15) is 13.9 Å². The van der Waals surface area contributed by atoms with E-state index < -0.39 is 16.9 Å². The lowest BCUT2D eigenvalue weighted by molar-refractivity contribution is 0.186. The molecular weight excluding hydrogens is 296 g/mol. The number of anilines is 1. The Balaban J connectivity index is 2.48. The van der Waals surface area contributed by atoms with Gasteiger partial charge in [0, 0.05) is 10.6 Å². The number of amides is 1. The van der Waals surface area contributed by atoms with Crippen LogP contribution in [-0.2, 0) is 15.5 Å². The zero-order valence-electron chi connectivity index (χ0n) is 11.5. The van der Waals surface area contributed by atoms with Gasteiger partial charge in [-0.05, 0) is 24.6 Å². The maximum atomic E-state index is 12.0. The van der Waals surface area contributed by atoms with Crippen molar-refractivity contribution >= 4 is 33.9 Å². The highest BCUT2D eigenvalue weighted by molar-refractivity contribution is 7.85. The number of carbonyl (C=O) groups excluding carboxylic acids is 1. The van der Waals surface area contributed by atoms with Gasteiger partial charge in [-0.2, -0.15) is 4.68 Å². The predicted molar refractivity (Wildman–Crippen MR) is 78.5 cm³/mol. The Hall–Kier alpha value is -2.29. The second-order valence-electron chi connectivity index (χ2n) is 4.15. The molecule has 112 valence electrons. The van der Waals surface area contributed by atoms with E-state index in [1.165, 1.54) is 7.11 Å². The van der Waals surface area contributed by atoms with E-state index in [1.807, 2.05) is 6.92 Å². The van der Waals surface area contributed by atoms with Crippen molar-refractivity contribution in [1.82, 2.24) is 9.66 Å². The normalized spacial score (nSPS) is 12.1. The van der Waals surface area contributed by atoms with Crippen LogP contribution in [0.2, 0.25) is 0 Å². The summed E-state index contributed by atoms with van der Waals surface area (Å²) in [7, 11) is 0.0474.